The smallest absolute Gasteiger partial charge is 0.0263 e. The van der Waals surface area contributed by atoms with Crippen LogP contribution in [0.4, 0.5) is 0 Å². The normalized spacial score (nSPS) is 30.7. The van der Waals surface area contributed by atoms with Crippen molar-refractivity contribution in [3.8, 4) is 0 Å². The van der Waals surface area contributed by atoms with Crippen molar-refractivity contribution in [2.75, 3.05) is 12.4 Å². The Morgan fingerprint density at radius 1 is 1.78 bits per heavy atom. The van der Waals surface area contributed by atoms with Crippen LogP contribution in [0.2, 0.25) is 0 Å². The number of halogens is 1. The molecular formula is C7H14ClN. The number of rotatable bonds is 2. The van der Waals surface area contributed by atoms with Gasteiger partial charge in [0.05, 0.1) is 0 Å². The van der Waals surface area contributed by atoms with Crippen molar-refractivity contribution in [2.24, 2.45) is 5.92 Å². The lowest BCUT2D eigenvalue weighted by Gasteiger charge is -2.15. The summed E-state index contributed by atoms with van der Waals surface area (Å²) >= 11 is 5.69. The first-order valence-electron chi connectivity index (χ1n) is 3.64. The van der Waals surface area contributed by atoms with Crippen LogP contribution < -0.4 is 5.32 Å². The van der Waals surface area contributed by atoms with Gasteiger partial charge in [0.15, 0.2) is 0 Å². The molecule has 1 saturated heterocycles. The van der Waals surface area contributed by atoms with Gasteiger partial charge < -0.3 is 5.32 Å². The number of nitrogens with one attached hydrogen (secondary N) is 1. The zero-order chi connectivity index (χ0) is 6.69. The molecule has 1 aliphatic heterocycles. The van der Waals surface area contributed by atoms with Crippen LogP contribution in [0.5, 0.6) is 0 Å². The summed E-state index contributed by atoms with van der Waals surface area (Å²) in [5, 5.41) is 3.42. The second kappa shape index (κ2) is 3.43. The minimum atomic E-state index is 0.647. The van der Waals surface area contributed by atoms with Gasteiger partial charge in [-0.3, -0.25) is 0 Å². The summed E-state index contributed by atoms with van der Waals surface area (Å²) in [6, 6.07) is 0.697. The van der Waals surface area contributed by atoms with Gasteiger partial charge in [-0.05, 0) is 25.3 Å². The van der Waals surface area contributed by atoms with Crippen molar-refractivity contribution in [1.29, 1.82) is 0 Å². The molecule has 0 aromatic rings. The molecule has 9 heavy (non-hydrogen) atoms. The van der Waals surface area contributed by atoms with Crippen molar-refractivity contribution in [3.63, 3.8) is 0 Å². The molecule has 2 atom stereocenters. The van der Waals surface area contributed by atoms with Crippen LogP contribution in [0.1, 0.15) is 19.8 Å². The van der Waals surface area contributed by atoms with E-state index in [9.17, 15) is 0 Å². The summed E-state index contributed by atoms with van der Waals surface area (Å²) in [4.78, 5) is 0. The summed E-state index contributed by atoms with van der Waals surface area (Å²) in [5.74, 6) is 1.44. The second-order valence-electron chi connectivity index (χ2n) is 2.83. The van der Waals surface area contributed by atoms with Gasteiger partial charge in [-0.25, -0.2) is 0 Å². The Kier molecular flexibility index (Phi) is 2.80. The van der Waals surface area contributed by atoms with E-state index in [1.54, 1.807) is 0 Å². The fourth-order valence-electron chi connectivity index (χ4n) is 1.30. The van der Waals surface area contributed by atoms with Crippen LogP contribution in [0, 0.1) is 5.92 Å². The fourth-order valence-corrected chi connectivity index (χ4v) is 1.52. The quantitative estimate of drug-likeness (QED) is 0.586. The van der Waals surface area contributed by atoms with E-state index in [1.807, 2.05) is 0 Å². The van der Waals surface area contributed by atoms with Crippen molar-refractivity contribution in [1.82, 2.24) is 5.32 Å². The van der Waals surface area contributed by atoms with E-state index in [4.69, 9.17) is 11.6 Å². The highest BCUT2D eigenvalue weighted by Crippen LogP contribution is 2.14. The highest BCUT2D eigenvalue weighted by molar-refractivity contribution is 6.18. The number of hydrogen-bond acceptors (Lipinski definition) is 1. The summed E-state index contributed by atoms with van der Waals surface area (Å²) in [5.41, 5.74) is 0. The predicted octanol–water partition coefficient (Wildman–Crippen LogP) is 1.61. The highest BCUT2D eigenvalue weighted by atomic mass is 35.5. The molecule has 1 rings (SSSR count). The van der Waals surface area contributed by atoms with Gasteiger partial charge >= 0.3 is 0 Å². The van der Waals surface area contributed by atoms with E-state index in [0.29, 0.717) is 12.0 Å². The third-order valence-corrected chi connectivity index (χ3v) is 2.52. The molecule has 54 valence electrons. The van der Waals surface area contributed by atoms with E-state index >= 15 is 0 Å². The Morgan fingerprint density at radius 2 is 2.56 bits per heavy atom. The maximum atomic E-state index is 5.69. The molecule has 1 nitrogen and oxygen atoms in total. The largest absolute Gasteiger partial charge is 0.314 e. The maximum Gasteiger partial charge on any atom is 0.0263 e. The molecule has 1 fully saturated rings. The average molecular weight is 148 g/mol. The lowest BCUT2D eigenvalue weighted by molar-refractivity contribution is 0.457. The van der Waals surface area contributed by atoms with Gasteiger partial charge in [0.25, 0.3) is 0 Å². The summed E-state index contributed by atoms with van der Waals surface area (Å²) < 4.78 is 0. The topological polar surface area (TPSA) is 12.0 Å². The first kappa shape index (κ1) is 7.36. The van der Waals surface area contributed by atoms with Crippen molar-refractivity contribution in [2.45, 2.75) is 25.8 Å². The summed E-state index contributed by atoms with van der Waals surface area (Å²) in [6.45, 7) is 3.39. The van der Waals surface area contributed by atoms with Crippen molar-refractivity contribution in [3.05, 3.63) is 0 Å². The second-order valence-corrected chi connectivity index (χ2v) is 3.14. The summed E-state index contributed by atoms with van der Waals surface area (Å²) in [7, 11) is 0. The monoisotopic (exact) mass is 147 g/mol. The molecule has 0 amide bonds. The molecular weight excluding hydrogens is 134 g/mol. The standard InChI is InChI=1S/C7H14ClN/c1-6(5-8)7-3-2-4-9-7/h6-7,9H,2-5H2,1H3/t6-,7-/m0/s1. The molecule has 0 unspecified atom stereocenters. The van der Waals surface area contributed by atoms with E-state index in [2.05, 4.69) is 12.2 Å². The highest BCUT2D eigenvalue weighted by Gasteiger charge is 2.19. The minimum Gasteiger partial charge on any atom is -0.314 e. The van der Waals surface area contributed by atoms with Crippen molar-refractivity contribution < 1.29 is 0 Å². The molecule has 0 aliphatic carbocycles. The maximum absolute atomic E-state index is 5.69. The van der Waals surface area contributed by atoms with Gasteiger partial charge in [-0.15, -0.1) is 11.6 Å². The van der Waals surface area contributed by atoms with E-state index < -0.39 is 0 Å². The molecule has 0 aromatic heterocycles. The zero-order valence-corrected chi connectivity index (χ0v) is 6.62. The van der Waals surface area contributed by atoms with E-state index in [0.717, 1.165) is 5.88 Å². The Hall–Kier alpha value is 0.250. The Balaban J connectivity index is 2.24. The zero-order valence-electron chi connectivity index (χ0n) is 5.86. The molecule has 1 N–H and O–H groups in total. The molecule has 1 aliphatic rings. The van der Waals surface area contributed by atoms with Gasteiger partial charge in [-0.2, -0.15) is 0 Å². The Bertz CT molecular complexity index is 79.0. The number of hydrogen-bond donors (Lipinski definition) is 1. The van der Waals surface area contributed by atoms with Crippen LogP contribution in [0.3, 0.4) is 0 Å². The molecule has 0 spiro atoms. The Morgan fingerprint density at radius 3 is 3.00 bits per heavy atom. The van der Waals surface area contributed by atoms with Gasteiger partial charge in [-0.1, -0.05) is 6.92 Å². The SMILES string of the molecule is C[C@@H](CCl)[C@@H]1CCCN1. The molecule has 0 saturated carbocycles. The third kappa shape index (κ3) is 1.84. The van der Waals surface area contributed by atoms with E-state index in [-0.39, 0.29) is 0 Å². The first-order valence-corrected chi connectivity index (χ1v) is 4.17. The van der Waals surface area contributed by atoms with E-state index in [1.165, 1.54) is 19.4 Å². The summed E-state index contributed by atoms with van der Waals surface area (Å²) in [6.07, 6.45) is 2.64. The molecule has 2 heteroatoms. The van der Waals surface area contributed by atoms with Crippen LogP contribution in [-0.2, 0) is 0 Å². The van der Waals surface area contributed by atoms with Crippen LogP contribution >= 0.6 is 11.6 Å². The third-order valence-electron chi connectivity index (χ3n) is 2.03. The average Bonchev–Trinajstić information content (AvgIpc) is 2.37. The van der Waals surface area contributed by atoms with Gasteiger partial charge in [0, 0.05) is 11.9 Å². The predicted molar refractivity (Wildman–Crippen MR) is 40.9 cm³/mol. The van der Waals surface area contributed by atoms with Gasteiger partial charge in [0.1, 0.15) is 0 Å². The minimum absolute atomic E-state index is 0.647. The van der Waals surface area contributed by atoms with Gasteiger partial charge in [0.2, 0.25) is 0 Å². The van der Waals surface area contributed by atoms with Crippen LogP contribution in [0.25, 0.3) is 0 Å². The Labute approximate surface area is 61.8 Å². The molecule has 1 heterocycles. The number of alkyl halides is 1. The molecule has 0 radical (unpaired) electrons. The molecule has 0 aromatic carbocycles. The first-order chi connectivity index (χ1) is 4.34. The molecule has 0 bridgehead atoms. The van der Waals surface area contributed by atoms with Crippen LogP contribution in [-0.4, -0.2) is 18.5 Å². The lowest BCUT2D eigenvalue weighted by Crippen LogP contribution is -2.29. The van der Waals surface area contributed by atoms with Crippen LogP contribution in [0.15, 0.2) is 0 Å². The fraction of sp³-hybridized carbons (Fsp3) is 1.00. The lowest BCUT2D eigenvalue weighted by atomic mass is 10.0. The van der Waals surface area contributed by atoms with Crippen molar-refractivity contribution >= 4 is 11.6 Å².